The van der Waals surface area contributed by atoms with Gasteiger partial charge in [0.05, 0.1) is 12.7 Å². The van der Waals surface area contributed by atoms with Crippen molar-refractivity contribution in [1.82, 2.24) is 19.3 Å². The van der Waals surface area contributed by atoms with Crippen LogP contribution >= 0.6 is 0 Å². The molecule has 0 aromatic carbocycles. The van der Waals surface area contributed by atoms with Crippen molar-refractivity contribution in [2.24, 2.45) is 12.8 Å². The van der Waals surface area contributed by atoms with Gasteiger partial charge in [0.1, 0.15) is 17.8 Å². The summed E-state index contributed by atoms with van der Waals surface area (Å²) in [4.78, 5) is 26.6. The zero-order valence-corrected chi connectivity index (χ0v) is 9.07. The average Bonchev–Trinajstić information content (AvgIpc) is 2.65. The second-order valence-corrected chi connectivity index (χ2v) is 3.65. The first-order valence-corrected chi connectivity index (χ1v) is 4.86. The molecule has 2 heterocycles. The molecule has 0 radical (unpaired) electrons. The fraction of sp³-hybridized carbons (Fsp3) is 0.333. The summed E-state index contributed by atoms with van der Waals surface area (Å²) in [6.07, 6.45) is 2.67. The van der Waals surface area contributed by atoms with Crippen LogP contribution in [0.2, 0.25) is 0 Å². The SMILES string of the molecule is Cn1ncc2c(=O)n(CC(N)C(=O)O)cnc21. The Morgan fingerprint density at radius 2 is 2.35 bits per heavy atom. The Hall–Kier alpha value is -2.22. The Morgan fingerprint density at radius 3 is 3.00 bits per heavy atom. The normalized spacial score (nSPS) is 12.8. The number of nitrogens with zero attached hydrogens (tertiary/aromatic N) is 4. The Morgan fingerprint density at radius 1 is 1.65 bits per heavy atom. The Labute approximate surface area is 95.3 Å². The molecule has 0 aliphatic carbocycles. The molecule has 2 aromatic heterocycles. The number of rotatable bonds is 3. The van der Waals surface area contributed by atoms with E-state index in [1.165, 1.54) is 21.8 Å². The number of fused-ring (bicyclic) bond motifs is 1. The van der Waals surface area contributed by atoms with Crippen LogP contribution < -0.4 is 11.3 Å². The molecular formula is C9H11N5O3. The van der Waals surface area contributed by atoms with E-state index >= 15 is 0 Å². The molecule has 2 aromatic rings. The van der Waals surface area contributed by atoms with Gasteiger partial charge in [-0.05, 0) is 0 Å². The van der Waals surface area contributed by atoms with E-state index in [4.69, 9.17) is 10.8 Å². The van der Waals surface area contributed by atoms with Gasteiger partial charge >= 0.3 is 5.97 Å². The van der Waals surface area contributed by atoms with Crippen LogP contribution in [-0.4, -0.2) is 36.4 Å². The van der Waals surface area contributed by atoms with Crippen LogP contribution in [0, 0.1) is 0 Å². The fourth-order valence-corrected chi connectivity index (χ4v) is 1.49. The van der Waals surface area contributed by atoms with Crippen molar-refractivity contribution in [2.75, 3.05) is 0 Å². The molecule has 3 N–H and O–H groups in total. The number of nitrogens with two attached hydrogens (primary N) is 1. The van der Waals surface area contributed by atoms with E-state index in [1.54, 1.807) is 7.05 Å². The highest BCUT2D eigenvalue weighted by molar-refractivity contribution is 5.74. The molecule has 0 bridgehead atoms. The molecule has 1 unspecified atom stereocenters. The van der Waals surface area contributed by atoms with E-state index < -0.39 is 12.0 Å². The molecule has 0 aliphatic heterocycles. The predicted molar refractivity (Wildman–Crippen MR) is 58.4 cm³/mol. The molecule has 8 nitrogen and oxygen atoms in total. The molecule has 1 atom stereocenters. The number of aromatic nitrogens is 4. The van der Waals surface area contributed by atoms with Gasteiger partial charge in [-0.25, -0.2) is 4.98 Å². The minimum absolute atomic E-state index is 0.119. The molecule has 0 spiro atoms. The van der Waals surface area contributed by atoms with Gasteiger partial charge in [0.2, 0.25) is 0 Å². The zero-order chi connectivity index (χ0) is 12.6. The summed E-state index contributed by atoms with van der Waals surface area (Å²) in [5.41, 5.74) is 5.47. The van der Waals surface area contributed by atoms with E-state index in [0.717, 1.165) is 0 Å². The number of carboxylic acid groups (broad SMARTS) is 1. The number of carboxylic acids is 1. The molecule has 0 saturated heterocycles. The monoisotopic (exact) mass is 237 g/mol. The van der Waals surface area contributed by atoms with Crippen molar-refractivity contribution < 1.29 is 9.90 Å². The topological polar surface area (TPSA) is 116 Å². The molecule has 0 saturated carbocycles. The van der Waals surface area contributed by atoms with Crippen molar-refractivity contribution in [2.45, 2.75) is 12.6 Å². The van der Waals surface area contributed by atoms with Gasteiger partial charge in [-0.15, -0.1) is 0 Å². The molecule has 0 fully saturated rings. The second-order valence-electron chi connectivity index (χ2n) is 3.65. The van der Waals surface area contributed by atoms with Crippen LogP contribution in [-0.2, 0) is 18.4 Å². The summed E-state index contributed by atoms with van der Waals surface area (Å²) in [5.74, 6) is -1.16. The molecule has 8 heteroatoms. The Kier molecular flexibility index (Phi) is 2.64. The third-order valence-electron chi connectivity index (χ3n) is 2.43. The van der Waals surface area contributed by atoms with Crippen LogP contribution in [0.4, 0.5) is 0 Å². The van der Waals surface area contributed by atoms with Gasteiger partial charge in [0.15, 0.2) is 5.65 Å². The van der Waals surface area contributed by atoms with E-state index in [1.807, 2.05) is 0 Å². The van der Waals surface area contributed by atoms with Crippen LogP contribution in [0.3, 0.4) is 0 Å². The van der Waals surface area contributed by atoms with Gasteiger partial charge in [-0.3, -0.25) is 18.8 Å². The third-order valence-corrected chi connectivity index (χ3v) is 2.43. The second kappa shape index (κ2) is 3.98. The summed E-state index contributed by atoms with van der Waals surface area (Å²) in [6, 6.07) is -1.14. The summed E-state index contributed by atoms with van der Waals surface area (Å²) < 4.78 is 2.64. The van der Waals surface area contributed by atoms with Crippen molar-refractivity contribution >= 4 is 17.0 Å². The number of hydrogen-bond acceptors (Lipinski definition) is 5. The lowest BCUT2D eigenvalue weighted by molar-refractivity contribution is -0.138. The first kappa shape index (κ1) is 11.3. The smallest absolute Gasteiger partial charge is 0.322 e. The van der Waals surface area contributed by atoms with Gasteiger partial charge in [0.25, 0.3) is 5.56 Å². The minimum Gasteiger partial charge on any atom is -0.480 e. The molecule has 17 heavy (non-hydrogen) atoms. The van der Waals surface area contributed by atoms with E-state index in [2.05, 4.69) is 10.1 Å². The predicted octanol–water partition coefficient (Wildman–Crippen LogP) is -1.46. The van der Waals surface area contributed by atoms with Crippen molar-refractivity contribution in [3.8, 4) is 0 Å². The van der Waals surface area contributed by atoms with Crippen molar-refractivity contribution in [3.63, 3.8) is 0 Å². The van der Waals surface area contributed by atoms with Crippen molar-refractivity contribution in [1.29, 1.82) is 0 Å². The van der Waals surface area contributed by atoms with E-state index in [-0.39, 0.29) is 12.1 Å². The van der Waals surface area contributed by atoms with Gasteiger partial charge in [-0.2, -0.15) is 5.10 Å². The number of aryl methyl sites for hydroxylation is 1. The molecule has 2 rings (SSSR count). The largest absolute Gasteiger partial charge is 0.480 e. The molecular weight excluding hydrogens is 226 g/mol. The first-order chi connectivity index (χ1) is 8.00. The van der Waals surface area contributed by atoms with E-state index in [0.29, 0.717) is 11.0 Å². The highest BCUT2D eigenvalue weighted by Crippen LogP contribution is 2.03. The van der Waals surface area contributed by atoms with Gasteiger partial charge < -0.3 is 10.8 Å². The maximum Gasteiger partial charge on any atom is 0.322 e. The first-order valence-electron chi connectivity index (χ1n) is 4.86. The van der Waals surface area contributed by atoms with E-state index in [9.17, 15) is 9.59 Å². The summed E-state index contributed by atoms with van der Waals surface area (Å²) in [7, 11) is 1.67. The van der Waals surface area contributed by atoms with Crippen LogP contribution in [0.15, 0.2) is 17.3 Å². The molecule has 90 valence electrons. The molecule has 0 aliphatic rings. The fourth-order valence-electron chi connectivity index (χ4n) is 1.49. The lowest BCUT2D eigenvalue weighted by Gasteiger charge is -2.08. The van der Waals surface area contributed by atoms with Crippen molar-refractivity contribution in [3.05, 3.63) is 22.9 Å². The maximum atomic E-state index is 11.9. The average molecular weight is 237 g/mol. The highest BCUT2D eigenvalue weighted by Gasteiger charge is 2.15. The third kappa shape index (κ3) is 1.89. The van der Waals surface area contributed by atoms with Crippen LogP contribution in [0.1, 0.15) is 0 Å². The minimum atomic E-state index is -1.16. The maximum absolute atomic E-state index is 11.9. The van der Waals surface area contributed by atoms with Crippen LogP contribution in [0.5, 0.6) is 0 Å². The Balaban J connectivity index is 2.46. The standard InChI is InChI=1S/C9H11N5O3/c1-13-7-5(2-12-13)8(15)14(4-11-7)3-6(10)9(16)17/h2,4,6H,3,10H2,1H3,(H,16,17). The summed E-state index contributed by atoms with van der Waals surface area (Å²) in [5, 5.41) is 12.9. The number of hydrogen-bond donors (Lipinski definition) is 2. The number of aliphatic carboxylic acids is 1. The Bertz CT molecular complexity index is 629. The number of carbonyl (C=O) groups is 1. The zero-order valence-electron chi connectivity index (χ0n) is 9.07. The molecule has 0 amide bonds. The van der Waals surface area contributed by atoms with Gasteiger partial charge in [-0.1, -0.05) is 0 Å². The summed E-state index contributed by atoms with van der Waals surface area (Å²) in [6.45, 7) is -0.119. The summed E-state index contributed by atoms with van der Waals surface area (Å²) >= 11 is 0. The van der Waals surface area contributed by atoms with Gasteiger partial charge in [0, 0.05) is 7.05 Å². The quantitative estimate of drug-likeness (QED) is 0.674. The van der Waals surface area contributed by atoms with Crippen LogP contribution in [0.25, 0.3) is 11.0 Å². The highest BCUT2D eigenvalue weighted by atomic mass is 16.4. The lowest BCUT2D eigenvalue weighted by atomic mass is 10.3. The lowest BCUT2D eigenvalue weighted by Crippen LogP contribution is -2.38.